The monoisotopic (exact) mass is 190 g/mol. The van der Waals surface area contributed by atoms with E-state index < -0.39 is 0 Å². The van der Waals surface area contributed by atoms with Crippen molar-refractivity contribution in [1.82, 2.24) is 10.3 Å². The zero-order valence-electron chi connectivity index (χ0n) is 7.47. The fourth-order valence-corrected chi connectivity index (χ4v) is 1.10. The van der Waals surface area contributed by atoms with Crippen molar-refractivity contribution in [3.05, 3.63) is 35.9 Å². The molecule has 2 rings (SSSR count). The molecule has 0 aliphatic heterocycles. The van der Waals surface area contributed by atoms with Gasteiger partial charge in [0.1, 0.15) is 0 Å². The average molecular weight is 190 g/mol. The van der Waals surface area contributed by atoms with Gasteiger partial charge in [0.05, 0.1) is 0 Å². The van der Waals surface area contributed by atoms with Crippen molar-refractivity contribution in [3.8, 4) is 0 Å². The number of hydrogen-bond donors (Lipinski definition) is 2. The topological polar surface area (TPSA) is 77.0 Å². The van der Waals surface area contributed by atoms with E-state index in [-0.39, 0.29) is 5.82 Å². The summed E-state index contributed by atoms with van der Waals surface area (Å²) in [7, 11) is 0. The third-order valence-corrected chi connectivity index (χ3v) is 1.82. The normalized spacial score (nSPS) is 10.0. The molecule has 5 nitrogen and oxygen atoms in total. The van der Waals surface area contributed by atoms with Crippen LogP contribution in [0.1, 0.15) is 5.56 Å². The van der Waals surface area contributed by atoms with Gasteiger partial charge in [-0.15, -0.1) is 0 Å². The Morgan fingerprint density at radius 3 is 2.64 bits per heavy atom. The summed E-state index contributed by atoms with van der Waals surface area (Å²) in [6, 6.07) is 9.94. The summed E-state index contributed by atoms with van der Waals surface area (Å²) in [6.07, 6.45) is 0. The Kier molecular flexibility index (Phi) is 2.31. The molecule has 3 N–H and O–H groups in total. The molecule has 0 atom stereocenters. The summed E-state index contributed by atoms with van der Waals surface area (Å²) >= 11 is 0. The molecule has 0 aliphatic rings. The predicted octanol–water partition coefficient (Wildman–Crippen LogP) is 1.26. The van der Waals surface area contributed by atoms with E-state index in [1.54, 1.807) is 0 Å². The minimum Gasteiger partial charge on any atom is -0.378 e. The van der Waals surface area contributed by atoms with Gasteiger partial charge in [0.15, 0.2) is 0 Å². The van der Waals surface area contributed by atoms with Crippen molar-refractivity contribution >= 4 is 11.6 Å². The molecule has 0 aliphatic carbocycles. The van der Waals surface area contributed by atoms with E-state index in [1.165, 1.54) is 0 Å². The maximum Gasteiger partial charge on any atom is 0.215 e. The van der Waals surface area contributed by atoms with Crippen LogP contribution < -0.4 is 11.1 Å². The molecule has 0 amide bonds. The number of nitrogens with one attached hydrogen (secondary N) is 1. The molecule has 2 aromatic rings. The molecule has 0 saturated heterocycles. The number of hydrogen-bond acceptors (Lipinski definition) is 5. The lowest BCUT2D eigenvalue weighted by atomic mass is 10.2. The van der Waals surface area contributed by atoms with Crippen molar-refractivity contribution in [3.63, 3.8) is 0 Å². The van der Waals surface area contributed by atoms with Crippen molar-refractivity contribution < 1.29 is 4.63 Å². The zero-order chi connectivity index (χ0) is 9.80. The second-order valence-corrected chi connectivity index (χ2v) is 2.84. The van der Waals surface area contributed by atoms with E-state index in [1.807, 2.05) is 30.3 Å². The molecule has 0 saturated carbocycles. The maximum atomic E-state index is 5.47. The van der Waals surface area contributed by atoms with E-state index in [9.17, 15) is 0 Å². The molecule has 1 aromatic heterocycles. The van der Waals surface area contributed by atoms with Gasteiger partial charge in [-0.3, -0.25) is 0 Å². The second kappa shape index (κ2) is 3.78. The van der Waals surface area contributed by atoms with Crippen molar-refractivity contribution in [2.45, 2.75) is 6.54 Å². The van der Waals surface area contributed by atoms with Gasteiger partial charge < -0.3 is 11.1 Å². The van der Waals surface area contributed by atoms with Crippen LogP contribution in [0.5, 0.6) is 0 Å². The standard InChI is InChI=1S/C9H10N4O/c10-8-9(13-14-12-8)11-6-7-4-2-1-3-5-7/h1-5H,6H2,(H2,10,12)(H,11,13). The highest BCUT2D eigenvalue weighted by Gasteiger charge is 2.03. The van der Waals surface area contributed by atoms with Crippen LogP contribution in [0.2, 0.25) is 0 Å². The van der Waals surface area contributed by atoms with Gasteiger partial charge in [-0.05, 0) is 15.9 Å². The third-order valence-electron chi connectivity index (χ3n) is 1.82. The summed E-state index contributed by atoms with van der Waals surface area (Å²) < 4.78 is 4.45. The minimum atomic E-state index is 0.279. The molecule has 0 fully saturated rings. The Morgan fingerprint density at radius 1 is 1.21 bits per heavy atom. The number of rotatable bonds is 3. The number of aromatic nitrogens is 2. The van der Waals surface area contributed by atoms with Gasteiger partial charge in [0.25, 0.3) is 0 Å². The quantitative estimate of drug-likeness (QED) is 0.762. The highest BCUT2D eigenvalue weighted by molar-refractivity contribution is 5.53. The van der Waals surface area contributed by atoms with Crippen molar-refractivity contribution in [1.29, 1.82) is 0 Å². The SMILES string of the molecule is Nc1nonc1NCc1ccccc1. The molecular weight excluding hydrogens is 180 g/mol. The maximum absolute atomic E-state index is 5.47. The summed E-state index contributed by atoms with van der Waals surface area (Å²) in [5, 5.41) is 10.1. The number of nitrogens with two attached hydrogens (primary N) is 1. The molecule has 5 heteroatoms. The first kappa shape index (κ1) is 8.55. The lowest BCUT2D eigenvalue weighted by molar-refractivity contribution is 0.310. The molecule has 14 heavy (non-hydrogen) atoms. The summed E-state index contributed by atoms with van der Waals surface area (Å²) in [5.74, 6) is 0.759. The summed E-state index contributed by atoms with van der Waals surface area (Å²) in [5.41, 5.74) is 6.62. The van der Waals surface area contributed by atoms with Crippen LogP contribution >= 0.6 is 0 Å². The van der Waals surface area contributed by atoms with E-state index >= 15 is 0 Å². The van der Waals surface area contributed by atoms with E-state index in [4.69, 9.17) is 5.73 Å². The Hall–Kier alpha value is -2.04. The van der Waals surface area contributed by atoms with Crippen molar-refractivity contribution in [2.75, 3.05) is 11.1 Å². The van der Waals surface area contributed by atoms with E-state index in [2.05, 4.69) is 20.3 Å². The van der Waals surface area contributed by atoms with Crippen LogP contribution in [0, 0.1) is 0 Å². The van der Waals surface area contributed by atoms with Crippen molar-refractivity contribution in [2.24, 2.45) is 0 Å². The zero-order valence-corrected chi connectivity index (χ0v) is 7.47. The number of nitrogens with zero attached hydrogens (tertiary/aromatic N) is 2. The summed E-state index contributed by atoms with van der Waals surface area (Å²) in [6.45, 7) is 0.652. The molecule has 0 radical (unpaired) electrons. The summed E-state index contributed by atoms with van der Waals surface area (Å²) in [4.78, 5) is 0. The van der Waals surface area contributed by atoms with Crippen LogP contribution in [0.3, 0.4) is 0 Å². The largest absolute Gasteiger partial charge is 0.378 e. The average Bonchev–Trinajstić information content (AvgIpc) is 2.63. The van der Waals surface area contributed by atoms with Crippen LogP contribution in [0.15, 0.2) is 35.0 Å². The molecule has 0 spiro atoms. The van der Waals surface area contributed by atoms with Gasteiger partial charge in [0.2, 0.25) is 11.6 Å². The van der Waals surface area contributed by atoms with Gasteiger partial charge in [-0.2, -0.15) is 0 Å². The molecule has 0 unspecified atom stereocenters. The second-order valence-electron chi connectivity index (χ2n) is 2.84. The number of anilines is 2. The molecular formula is C9H10N4O. The lowest BCUT2D eigenvalue weighted by Gasteiger charge is -2.01. The Balaban J connectivity index is 1.99. The van der Waals surface area contributed by atoms with Gasteiger partial charge in [-0.1, -0.05) is 30.3 Å². The third kappa shape index (κ3) is 1.82. The van der Waals surface area contributed by atoms with Crippen LogP contribution in [0.4, 0.5) is 11.6 Å². The van der Waals surface area contributed by atoms with Gasteiger partial charge in [0, 0.05) is 6.54 Å². The number of benzene rings is 1. The first-order chi connectivity index (χ1) is 6.86. The smallest absolute Gasteiger partial charge is 0.215 e. The highest BCUT2D eigenvalue weighted by Crippen LogP contribution is 2.11. The Bertz CT molecular complexity index is 398. The first-order valence-electron chi connectivity index (χ1n) is 4.22. The molecule has 0 bridgehead atoms. The molecule has 1 aromatic carbocycles. The van der Waals surface area contributed by atoms with Crippen LogP contribution in [0.25, 0.3) is 0 Å². The van der Waals surface area contributed by atoms with Crippen LogP contribution in [-0.2, 0) is 6.54 Å². The first-order valence-corrected chi connectivity index (χ1v) is 4.22. The molecule has 72 valence electrons. The van der Waals surface area contributed by atoms with E-state index in [0.29, 0.717) is 12.4 Å². The Morgan fingerprint density at radius 2 is 2.00 bits per heavy atom. The Labute approximate surface area is 80.9 Å². The predicted molar refractivity (Wildman–Crippen MR) is 52.5 cm³/mol. The minimum absolute atomic E-state index is 0.279. The molecule has 1 heterocycles. The van der Waals surface area contributed by atoms with E-state index in [0.717, 1.165) is 5.56 Å². The lowest BCUT2D eigenvalue weighted by Crippen LogP contribution is -2.01. The fraction of sp³-hybridized carbons (Fsp3) is 0.111. The van der Waals surface area contributed by atoms with Crippen LogP contribution in [-0.4, -0.2) is 10.3 Å². The van der Waals surface area contributed by atoms with Gasteiger partial charge in [-0.25, -0.2) is 4.63 Å². The fourth-order valence-electron chi connectivity index (χ4n) is 1.10. The number of nitrogen functional groups attached to an aromatic ring is 1. The van der Waals surface area contributed by atoms with Gasteiger partial charge >= 0.3 is 0 Å². The highest BCUT2D eigenvalue weighted by atomic mass is 16.6.